The van der Waals surface area contributed by atoms with Gasteiger partial charge in [0.1, 0.15) is 17.1 Å². The number of carbonyl (C=O) groups is 1. The van der Waals surface area contributed by atoms with Crippen molar-refractivity contribution in [2.75, 3.05) is 25.7 Å². The molecule has 0 bridgehead atoms. The number of fused-ring (bicyclic) bond motifs is 2. The lowest BCUT2D eigenvalue weighted by molar-refractivity contribution is 0.0971. The Labute approximate surface area is 219 Å². The molecule has 0 saturated carbocycles. The van der Waals surface area contributed by atoms with Crippen LogP contribution in [0.3, 0.4) is 0 Å². The summed E-state index contributed by atoms with van der Waals surface area (Å²) in [6, 6.07) is 15.1. The molecule has 1 atom stereocenters. The van der Waals surface area contributed by atoms with E-state index in [0.717, 1.165) is 25.3 Å². The molecule has 0 fully saturated rings. The first-order valence-electron chi connectivity index (χ1n) is 12.5. The van der Waals surface area contributed by atoms with Crippen molar-refractivity contribution in [3.05, 3.63) is 93.6 Å². The van der Waals surface area contributed by atoms with Crippen molar-refractivity contribution in [3.63, 3.8) is 0 Å². The summed E-state index contributed by atoms with van der Waals surface area (Å²) in [5, 5.41) is 0.0666. The molecule has 1 amide bonds. The van der Waals surface area contributed by atoms with Crippen LogP contribution in [0.5, 0.6) is 17.2 Å². The molecule has 0 saturated heterocycles. The van der Waals surface area contributed by atoms with Crippen LogP contribution in [0.15, 0.2) is 69.9 Å². The van der Waals surface area contributed by atoms with E-state index in [1.54, 1.807) is 42.5 Å². The van der Waals surface area contributed by atoms with E-state index < -0.39 is 23.2 Å². The second-order valence-corrected chi connectivity index (χ2v) is 9.06. The molecule has 1 aromatic heterocycles. The van der Waals surface area contributed by atoms with Gasteiger partial charge in [0, 0.05) is 11.8 Å². The molecular formula is C30H28FNO6. The topological polar surface area (TPSA) is 78.2 Å². The van der Waals surface area contributed by atoms with Gasteiger partial charge >= 0.3 is 0 Å². The Morgan fingerprint density at radius 2 is 1.79 bits per heavy atom. The zero-order chi connectivity index (χ0) is 26.8. The van der Waals surface area contributed by atoms with E-state index in [1.807, 2.05) is 0 Å². The van der Waals surface area contributed by atoms with Crippen LogP contribution in [0.2, 0.25) is 0 Å². The third kappa shape index (κ3) is 4.47. The number of benzene rings is 3. The summed E-state index contributed by atoms with van der Waals surface area (Å²) >= 11 is 0. The summed E-state index contributed by atoms with van der Waals surface area (Å²) in [4.78, 5) is 29.0. The van der Waals surface area contributed by atoms with Crippen LogP contribution < -0.4 is 24.5 Å². The van der Waals surface area contributed by atoms with E-state index in [-0.39, 0.29) is 22.3 Å². The molecule has 4 aromatic rings. The summed E-state index contributed by atoms with van der Waals surface area (Å²) in [6.07, 6.45) is 3.05. The number of hydrogen-bond acceptors (Lipinski definition) is 6. The Morgan fingerprint density at radius 1 is 0.947 bits per heavy atom. The minimum absolute atomic E-state index is 0.0666. The Kier molecular flexibility index (Phi) is 7.05. The molecule has 0 radical (unpaired) electrons. The Bertz CT molecular complexity index is 1560. The number of anilines is 1. The van der Waals surface area contributed by atoms with Gasteiger partial charge < -0.3 is 18.6 Å². The minimum atomic E-state index is -0.850. The molecular weight excluding hydrogens is 489 g/mol. The lowest BCUT2D eigenvalue weighted by Gasteiger charge is -2.26. The Balaban J connectivity index is 1.68. The van der Waals surface area contributed by atoms with Crippen LogP contribution in [-0.4, -0.2) is 26.7 Å². The van der Waals surface area contributed by atoms with Crippen molar-refractivity contribution in [3.8, 4) is 17.2 Å². The molecule has 0 aliphatic carbocycles. The lowest BCUT2D eigenvalue weighted by Crippen LogP contribution is -2.29. The molecule has 8 heteroatoms. The number of hydrogen-bond donors (Lipinski definition) is 0. The molecule has 1 aliphatic rings. The zero-order valence-electron chi connectivity index (χ0n) is 21.5. The summed E-state index contributed by atoms with van der Waals surface area (Å²) < 4.78 is 36.9. The molecule has 1 aliphatic heterocycles. The average Bonchev–Trinajstić information content (AvgIpc) is 3.23. The van der Waals surface area contributed by atoms with Gasteiger partial charge in [-0.1, -0.05) is 31.9 Å². The van der Waals surface area contributed by atoms with Gasteiger partial charge in [-0.3, -0.25) is 14.5 Å². The highest BCUT2D eigenvalue weighted by molar-refractivity contribution is 6.10. The van der Waals surface area contributed by atoms with Crippen molar-refractivity contribution < 1.29 is 27.8 Å². The van der Waals surface area contributed by atoms with Crippen LogP contribution in [0.25, 0.3) is 11.0 Å². The minimum Gasteiger partial charge on any atom is -0.497 e. The van der Waals surface area contributed by atoms with E-state index in [4.69, 9.17) is 18.6 Å². The highest BCUT2D eigenvalue weighted by Crippen LogP contribution is 2.44. The first-order chi connectivity index (χ1) is 18.5. The van der Waals surface area contributed by atoms with Crippen molar-refractivity contribution in [1.29, 1.82) is 0 Å². The van der Waals surface area contributed by atoms with Gasteiger partial charge in [-0.25, -0.2) is 4.39 Å². The summed E-state index contributed by atoms with van der Waals surface area (Å²) in [6.45, 7) is 2.67. The largest absolute Gasteiger partial charge is 0.497 e. The number of halogens is 1. The predicted octanol–water partition coefficient (Wildman–Crippen LogP) is 6.27. The van der Waals surface area contributed by atoms with E-state index in [0.29, 0.717) is 35.1 Å². The number of unbranched alkanes of at least 4 members (excludes halogenated alkanes) is 2. The normalized spacial score (nSPS) is 14.6. The fourth-order valence-corrected chi connectivity index (χ4v) is 4.79. The van der Waals surface area contributed by atoms with Gasteiger partial charge in [0.05, 0.1) is 37.8 Å². The van der Waals surface area contributed by atoms with Crippen molar-refractivity contribution in [2.24, 2.45) is 0 Å². The highest BCUT2D eigenvalue weighted by atomic mass is 19.1. The number of carbonyl (C=O) groups excluding carboxylic acids is 1. The van der Waals surface area contributed by atoms with Gasteiger partial charge in [-0.15, -0.1) is 0 Å². The summed E-state index contributed by atoms with van der Waals surface area (Å²) in [5.74, 6) is 0.451. The number of nitrogens with zero attached hydrogens (tertiary/aromatic N) is 1. The quantitative estimate of drug-likeness (QED) is 0.244. The Morgan fingerprint density at radius 3 is 2.55 bits per heavy atom. The van der Waals surface area contributed by atoms with E-state index in [9.17, 15) is 14.0 Å². The molecule has 1 unspecified atom stereocenters. The molecule has 38 heavy (non-hydrogen) atoms. The van der Waals surface area contributed by atoms with Gasteiger partial charge in [-0.2, -0.15) is 0 Å². The Hall–Kier alpha value is -4.33. The predicted molar refractivity (Wildman–Crippen MR) is 142 cm³/mol. The van der Waals surface area contributed by atoms with E-state index in [1.165, 1.54) is 31.3 Å². The highest BCUT2D eigenvalue weighted by Gasteiger charge is 2.44. The molecule has 2 heterocycles. The smallest absolute Gasteiger partial charge is 0.295 e. The van der Waals surface area contributed by atoms with E-state index in [2.05, 4.69) is 6.92 Å². The second kappa shape index (κ2) is 10.6. The van der Waals surface area contributed by atoms with Gasteiger partial charge in [0.25, 0.3) is 5.91 Å². The first kappa shape index (κ1) is 25.3. The lowest BCUT2D eigenvalue weighted by atomic mass is 9.97. The van der Waals surface area contributed by atoms with Crippen molar-refractivity contribution >= 4 is 22.6 Å². The number of methoxy groups -OCH3 is 2. The summed E-state index contributed by atoms with van der Waals surface area (Å²) in [7, 11) is 3.07. The number of ether oxygens (including phenoxy) is 3. The molecule has 0 spiro atoms. The fraction of sp³-hybridized carbons (Fsp3) is 0.267. The maximum atomic E-state index is 14.1. The van der Waals surface area contributed by atoms with Crippen LogP contribution in [0.4, 0.5) is 10.1 Å². The molecule has 3 aromatic carbocycles. The second-order valence-electron chi connectivity index (χ2n) is 9.06. The standard InChI is InChI=1S/C30H28FNO6/c1-4-5-6-14-37-24-12-10-18(15-25(24)36-3)27-26-28(33)22-16-19(31)11-13-23(22)38-29(26)30(34)32(27)20-8-7-9-21(17-20)35-2/h7-13,15-17,27H,4-6,14H2,1-3H3. The molecule has 7 nitrogen and oxygen atoms in total. The third-order valence-corrected chi connectivity index (χ3v) is 6.67. The zero-order valence-corrected chi connectivity index (χ0v) is 21.5. The van der Waals surface area contributed by atoms with Crippen LogP contribution in [0.1, 0.15) is 53.9 Å². The molecule has 196 valence electrons. The van der Waals surface area contributed by atoms with Gasteiger partial charge in [-0.05, 0) is 54.4 Å². The average molecular weight is 518 g/mol. The number of amides is 1. The maximum absolute atomic E-state index is 14.1. The van der Waals surface area contributed by atoms with Crippen LogP contribution in [0, 0.1) is 5.82 Å². The SMILES string of the molecule is CCCCCOc1ccc(C2c3c(oc4ccc(F)cc4c3=O)C(=O)N2c2cccc(OC)c2)cc1OC. The summed E-state index contributed by atoms with van der Waals surface area (Å²) in [5.41, 5.74) is 0.932. The van der Waals surface area contributed by atoms with E-state index >= 15 is 0 Å². The van der Waals surface area contributed by atoms with Crippen molar-refractivity contribution in [2.45, 2.75) is 32.2 Å². The fourth-order valence-electron chi connectivity index (χ4n) is 4.79. The molecule has 0 N–H and O–H groups in total. The van der Waals surface area contributed by atoms with Crippen molar-refractivity contribution in [1.82, 2.24) is 0 Å². The first-order valence-corrected chi connectivity index (χ1v) is 12.5. The monoisotopic (exact) mass is 517 g/mol. The number of rotatable bonds is 9. The maximum Gasteiger partial charge on any atom is 0.295 e. The van der Waals surface area contributed by atoms with Crippen LogP contribution in [-0.2, 0) is 0 Å². The van der Waals surface area contributed by atoms with Gasteiger partial charge in [0.2, 0.25) is 5.76 Å². The third-order valence-electron chi connectivity index (χ3n) is 6.67. The molecule has 5 rings (SSSR count). The van der Waals surface area contributed by atoms with Gasteiger partial charge in [0.15, 0.2) is 16.9 Å². The van der Waals surface area contributed by atoms with Crippen LogP contribution >= 0.6 is 0 Å².